The number of rotatable bonds is 1. The van der Waals surface area contributed by atoms with Gasteiger partial charge in [0.05, 0.1) is 5.56 Å². The molecular weight excluding hydrogens is 315 g/mol. The third-order valence-electron chi connectivity index (χ3n) is 3.26. The average Bonchev–Trinajstić information content (AvgIpc) is 2.35. The summed E-state index contributed by atoms with van der Waals surface area (Å²) >= 11 is 3.24. The molecule has 1 aromatic carbocycles. The molecular formula is C13H14BrFN2O2. The second kappa shape index (κ2) is 4.92. The fourth-order valence-corrected chi connectivity index (χ4v) is 2.48. The van der Waals surface area contributed by atoms with Crippen molar-refractivity contribution in [2.24, 2.45) is 0 Å². The van der Waals surface area contributed by atoms with Crippen molar-refractivity contribution in [3.8, 4) is 0 Å². The van der Waals surface area contributed by atoms with Gasteiger partial charge in [0.1, 0.15) is 11.4 Å². The van der Waals surface area contributed by atoms with Gasteiger partial charge in [-0.3, -0.25) is 9.59 Å². The second-order valence-electron chi connectivity index (χ2n) is 4.90. The summed E-state index contributed by atoms with van der Waals surface area (Å²) in [5.41, 5.74) is -0.719. The molecule has 1 aliphatic rings. The Hall–Kier alpha value is -1.43. The van der Waals surface area contributed by atoms with Gasteiger partial charge in [-0.15, -0.1) is 0 Å². The van der Waals surface area contributed by atoms with E-state index in [4.69, 9.17) is 0 Å². The number of amides is 2. The van der Waals surface area contributed by atoms with E-state index in [0.29, 0.717) is 17.6 Å². The highest BCUT2D eigenvalue weighted by Gasteiger charge is 2.41. The fourth-order valence-electron chi connectivity index (χ4n) is 2.06. The van der Waals surface area contributed by atoms with Gasteiger partial charge < -0.3 is 10.2 Å². The number of carbonyl (C=O) groups excluding carboxylic acids is 2. The van der Waals surface area contributed by atoms with Crippen molar-refractivity contribution in [2.45, 2.75) is 19.4 Å². The molecule has 0 unspecified atom stereocenters. The summed E-state index contributed by atoms with van der Waals surface area (Å²) in [5, 5.41) is 2.72. The molecule has 19 heavy (non-hydrogen) atoms. The zero-order chi connectivity index (χ0) is 14.2. The minimum Gasteiger partial charge on any atom is -0.352 e. The maximum Gasteiger partial charge on any atom is 0.256 e. The van der Waals surface area contributed by atoms with Gasteiger partial charge in [0, 0.05) is 17.6 Å². The maximum atomic E-state index is 13.3. The number of piperazine rings is 1. The molecule has 1 fully saturated rings. The van der Waals surface area contributed by atoms with E-state index in [1.165, 1.54) is 23.1 Å². The molecule has 0 atom stereocenters. The molecule has 1 heterocycles. The molecule has 1 aliphatic heterocycles. The highest BCUT2D eigenvalue weighted by atomic mass is 79.9. The first kappa shape index (κ1) is 14.0. The lowest BCUT2D eigenvalue weighted by Gasteiger charge is -2.41. The van der Waals surface area contributed by atoms with Gasteiger partial charge in [0.25, 0.3) is 5.91 Å². The second-order valence-corrected chi connectivity index (χ2v) is 5.75. The smallest absolute Gasteiger partial charge is 0.256 e. The van der Waals surface area contributed by atoms with Gasteiger partial charge in [0.2, 0.25) is 5.91 Å². The first-order valence-corrected chi connectivity index (χ1v) is 6.68. The Labute approximate surface area is 119 Å². The quantitative estimate of drug-likeness (QED) is 0.856. The number of hydrogen-bond acceptors (Lipinski definition) is 2. The van der Waals surface area contributed by atoms with Crippen LogP contribution < -0.4 is 5.32 Å². The normalized spacial score (nSPS) is 18.1. The topological polar surface area (TPSA) is 49.4 Å². The summed E-state index contributed by atoms with van der Waals surface area (Å²) in [6, 6.07) is 3.93. The van der Waals surface area contributed by atoms with E-state index in [9.17, 15) is 14.0 Å². The molecule has 4 nitrogen and oxygen atoms in total. The predicted octanol–water partition coefficient (Wildman–Crippen LogP) is 1.94. The monoisotopic (exact) mass is 328 g/mol. The van der Waals surface area contributed by atoms with Crippen LogP contribution in [0.4, 0.5) is 4.39 Å². The Morgan fingerprint density at radius 3 is 2.84 bits per heavy atom. The van der Waals surface area contributed by atoms with Crippen molar-refractivity contribution >= 4 is 27.7 Å². The number of halogens is 2. The number of nitrogens with zero attached hydrogens (tertiary/aromatic N) is 1. The van der Waals surface area contributed by atoms with Crippen molar-refractivity contribution in [2.75, 3.05) is 13.1 Å². The highest BCUT2D eigenvalue weighted by Crippen LogP contribution is 2.25. The first-order valence-electron chi connectivity index (χ1n) is 5.89. The third-order valence-corrected chi connectivity index (χ3v) is 3.95. The van der Waals surface area contributed by atoms with Crippen LogP contribution in [0.25, 0.3) is 0 Å². The Kier molecular flexibility index (Phi) is 3.62. The van der Waals surface area contributed by atoms with Crippen LogP contribution in [0.2, 0.25) is 0 Å². The molecule has 1 N–H and O–H groups in total. The van der Waals surface area contributed by atoms with E-state index >= 15 is 0 Å². The van der Waals surface area contributed by atoms with Gasteiger partial charge in [0.15, 0.2) is 0 Å². The van der Waals surface area contributed by atoms with Crippen LogP contribution in [0.15, 0.2) is 22.7 Å². The van der Waals surface area contributed by atoms with E-state index in [2.05, 4.69) is 21.2 Å². The molecule has 2 amide bonds. The molecule has 0 spiro atoms. The molecule has 0 bridgehead atoms. The van der Waals surface area contributed by atoms with Crippen LogP contribution in [0, 0.1) is 5.82 Å². The predicted molar refractivity (Wildman–Crippen MR) is 72.2 cm³/mol. The first-order chi connectivity index (χ1) is 8.84. The highest BCUT2D eigenvalue weighted by molar-refractivity contribution is 9.10. The number of hydrogen-bond donors (Lipinski definition) is 1. The number of carbonyl (C=O) groups is 2. The summed E-state index contributed by atoms with van der Waals surface area (Å²) in [4.78, 5) is 25.8. The molecule has 1 saturated heterocycles. The van der Waals surface area contributed by atoms with Crippen LogP contribution in [0.1, 0.15) is 24.2 Å². The van der Waals surface area contributed by atoms with Crippen molar-refractivity contribution in [3.63, 3.8) is 0 Å². The average molecular weight is 329 g/mol. The zero-order valence-electron chi connectivity index (χ0n) is 10.7. The zero-order valence-corrected chi connectivity index (χ0v) is 12.3. The van der Waals surface area contributed by atoms with E-state index < -0.39 is 11.4 Å². The lowest BCUT2D eigenvalue weighted by molar-refractivity contribution is -0.133. The van der Waals surface area contributed by atoms with E-state index in [1.807, 2.05) is 0 Å². The largest absolute Gasteiger partial charge is 0.352 e. The van der Waals surface area contributed by atoms with Crippen molar-refractivity contribution < 1.29 is 14.0 Å². The SMILES string of the molecule is CC1(C)C(=O)NCCN1C(=O)c1cc(F)ccc1Br. The van der Waals surface area contributed by atoms with Gasteiger partial charge >= 0.3 is 0 Å². The van der Waals surface area contributed by atoms with Gasteiger partial charge in [-0.05, 0) is 48.0 Å². The van der Waals surface area contributed by atoms with Crippen molar-refractivity contribution in [1.29, 1.82) is 0 Å². The standard InChI is InChI=1S/C13H14BrFN2O2/c1-13(2)12(19)16-5-6-17(13)11(18)9-7-8(15)3-4-10(9)14/h3-4,7H,5-6H2,1-2H3,(H,16,19). The van der Waals surface area contributed by atoms with E-state index in [-0.39, 0.29) is 17.4 Å². The summed E-state index contributed by atoms with van der Waals surface area (Å²) in [5.74, 6) is -1.04. The Balaban J connectivity index is 2.38. The van der Waals surface area contributed by atoms with Gasteiger partial charge in [-0.1, -0.05) is 0 Å². The van der Waals surface area contributed by atoms with Crippen molar-refractivity contribution in [3.05, 3.63) is 34.1 Å². The Morgan fingerprint density at radius 1 is 1.47 bits per heavy atom. The van der Waals surface area contributed by atoms with Gasteiger partial charge in [-0.2, -0.15) is 0 Å². The summed E-state index contributed by atoms with van der Waals surface area (Å²) in [6.07, 6.45) is 0. The van der Waals surface area contributed by atoms with Crippen molar-refractivity contribution in [1.82, 2.24) is 10.2 Å². The molecule has 2 rings (SSSR count). The minimum absolute atomic E-state index is 0.209. The third kappa shape index (κ3) is 2.49. The lowest BCUT2D eigenvalue weighted by Crippen LogP contribution is -2.63. The summed E-state index contributed by atoms with van der Waals surface area (Å²) in [6.45, 7) is 4.15. The molecule has 0 aliphatic carbocycles. The number of benzene rings is 1. The molecule has 0 saturated carbocycles. The van der Waals surface area contributed by atoms with Crippen LogP contribution >= 0.6 is 15.9 Å². The lowest BCUT2D eigenvalue weighted by atomic mass is 9.97. The number of nitrogens with one attached hydrogen (secondary N) is 1. The van der Waals surface area contributed by atoms with Crippen LogP contribution in [0.5, 0.6) is 0 Å². The maximum absolute atomic E-state index is 13.3. The fraction of sp³-hybridized carbons (Fsp3) is 0.385. The van der Waals surface area contributed by atoms with E-state index in [1.54, 1.807) is 13.8 Å². The summed E-state index contributed by atoms with van der Waals surface area (Å²) < 4.78 is 13.8. The minimum atomic E-state index is -0.943. The van der Waals surface area contributed by atoms with E-state index in [0.717, 1.165) is 0 Å². The van der Waals surface area contributed by atoms with Crippen LogP contribution in [-0.4, -0.2) is 35.3 Å². The van der Waals surface area contributed by atoms with Crippen LogP contribution in [0.3, 0.4) is 0 Å². The molecule has 6 heteroatoms. The van der Waals surface area contributed by atoms with Crippen LogP contribution in [-0.2, 0) is 4.79 Å². The molecule has 0 radical (unpaired) electrons. The summed E-state index contributed by atoms with van der Waals surface area (Å²) in [7, 11) is 0. The molecule has 0 aromatic heterocycles. The Bertz CT molecular complexity index is 545. The van der Waals surface area contributed by atoms with Gasteiger partial charge in [-0.25, -0.2) is 4.39 Å². The Morgan fingerprint density at radius 2 is 2.16 bits per heavy atom. The molecule has 102 valence electrons. The molecule has 1 aromatic rings.